The maximum Gasteiger partial charge on any atom is 0.341 e. The van der Waals surface area contributed by atoms with Crippen LogP contribution in [-0.4, -0.2) is 23.6 Å². The van der Waals surface area contributed by atoms with Crippen LogP contribution in [0.25, 0.3) is 0 Å². The van der Waals surface area contributed by atoms with Gasteiger partial charge in [0.1, 0.15) is 11.3 Å². The fraction of sp³-hybridized carbons (Fsp3) is 0.263. The van der Waals surface area contributed by atoms with Crippen LogP contribution in [0.2, 0.25) is 0 Å². The molecule has 136 valence electrons. The first-order valence-corrected chi connectivity index (χ1v) is 8.26. The van der Waals surface area contributed by atoms with E-state index in [9.17, 15) is 14.7 Å². The van der Waals surface area contributed by atoms with Crippen molar-refractivity contribution >= 4 is 17.6 Å². The number of aromatic hydroxyl groups is 1. The van der Waals surface area contributed by atoms with Gasteiger partial charge in [0, 0.05) is 12.0 Å². The molecule has 1 amide bonds. The molecule has 0 fully saturated rings. The standard InChI is InChI=1S/C19H21N3O4/c1-3-26-19(25)16-10-9-15(12-17(16)23)20-22-21-18(24)13(2)11-14-7-5-4-6-8-14/h4-10,12-13,23H,3,11H2,1-2H3,(H,20,21,24). The van der Waals surface area contributed by atoms with Crippen molar-refractivity contribution in [3.05, 3.63) is 59.7 Å². The van der Waals surface area contributed by atoms with Gasteiger partial charge in [0.2, 0.25) is 5.91 Å². The van der Waals surface area contributed by atoms with Crippen molar-refractivity contribution in [1.82, 2.24) is 5.43 Å². The Hall–Kier alpha value is -3.22. The summed E-state index contributed by atoms with van der Waals surface area (Å²) in [5.74, 6) is -1.40. The van der Waals surface area contributed by atoms with Gasteiger partial charge in [-0.1, -0.05) is 42.5 Å². The number of phenolic OH excluding ortho intramolecular Hbond substituents is 1. The molecule has 7 heteroatoms. The molecule has 0 aliphatic carbocycles. The van der Waals surface area contributed by atoms with Crippen LogP contribution < -0.4 is 5.43 Å². The molecular formula is C19H21N3O4. The van der Waals surface area contributed by atoms with E-state index in [0.717, 1.165) is 5.56 Å². The number of nitrogens with zero attached hydrogens (tertiary/aromatic N) is 2. The molecule has 0 heterocycles. The molecule has 0 saturated heterocycles. The summed E-state index contributed by atoms with van der Waals surface area (Å²) >= 11 is 0. The molecule has 2 rings (SSSR count). The molecule has 2 N–H and O–H groups in total. The number of hydrogen-bond acceptors (Lipinski definition) is 6. The Morgan fingerprint density at radius 3 is 2.58 bits per heavy atom. The Morgan fingerprint density at radius 1 is 1.19 bits per heavy atom. The van der Waals surface area contributed by atoms with E-state index < -0.39 is 5.97 Å². The molecule has 0 radical (unpaired) electrons. The third kappa shape index (κ3) is 5.41. The first-order valence-electron chi connectivity index (χ1n) is 8.26. The largest absolute Gasteiger partial charge is 0.507 e. The third-order valence-electron chi connectivity index (χ3n) is 3.63. The number of benzene rings is 2. The number of carbonyl (C=O) groups excluding carboxylic acids is 2. The quantitative estimate of drug-likeness (QED) is 0.450. The van der Waals surface area contributed by atoms with Crippen molar-refractivity contribution in [3.8, 4) is 5.75 Å². The molecule has 1 unspecified atom stereocenters. The van der Waals surface area contributed by atoms with E-state index in [0.29, 0.717) is 12.1 Å². The Kier molecular flexibility index (Phi) is 6.84. The lowest BCUT2D eigenvalue weighted by atomic mass is 10.0. The van der Waals surface area contributed by atoms with E-state index >= 15 is 0 Å². The summed E-state index contributed by atoms with van der Waals surface area (Å²) in [7, 11) is 0. The highest BCUT2D eigenvalue weighted by molar-refractivity contribution is 5.92. The molecule has 0 aliphatic heterocycles. The smallest absolute Gasteiger partial charge is 0.341 e. The van der Waals surface area contributed by atoms with Crippen LogP contribution >= 0.6 is 0 Å². The van der Waals surface area contributed by atoms with Crippen LogP contribution in [0.15, 0.2) is 58.9 Å². The minimum absolute atomic E-state index is 0.0475. The summed E-state index contributed by atoms with van der Waals surface area (Å²) in [4.78, 5) is 23.7. The van der Waals surface area contributed by atoms with Gasteiger partial charge in [-0.2, -0.15) is 0 Å². The lowest BCUT2D eigenvalue weighted by Crippen LogP contribution is -2.25. The van der Waals surface area contributed by atoms with E-state index in [1.54, 1.807) is 13.8 Å². The fourth-order valence-electron chi connectivity index (χ4n) is 2.27. The normalized spacial score (nSPS) is 11.9. The zero-order valence-electron chi connectivity index (χ0n) is 14.7. The number of phenols is 1. The summed E-state index contributed by atoms with van der Waals surface area (Å²) < 4.78 is 4.83. The van der Waals surface area contributed by atoms with Crippen molar-refractivity contribution in [2.75, 3.05) is 6.61 Å². The summed E-state index contributed by atoms with van der Waals surface area (Å²) in [5, 5.41) is 17.3. The van der Waals surface area contributed by atoms with Crippen molar-refractivity contribution < 1.29 is 19.4 Å². The number of carbonyl (C=O) groups is 2. The Bertz CT molecular complexity index is 791. The maximum absolute atomic E-state index is 12.0. The van der Waals surface area contributed by atoms with Gasteiger partial charge in [-0.25, -0.2) is 10.2 Å². The van der Waals surface area contributed by atoms with E-state index in [1.807, 2.05) is 30.3 Å². The molecule has 26 heavy (non-hydrogen) atoms. The number of amides is 1. The van der Waals surface area contributed by atoms with Crippen LogP contribution in [0, 0.1) is 5.92 Å². The van der Waals surface area contributed by atoms with Crippen LogP contribution in [0.5, 0.6) is 5.75 Å². The Balaban J connectivity index is 1.92. The topological polar surface area (TPSA) is 100 Å². The molecule has 1 atom stereocenters. The fourth-order valence-corrected chi connectivity index (χ4v) is 2.27. The van der Waals surface area contributed by atoms with Gasteiger partial charge < -0.3 is 9.84 Å². The predicted molar refractivity (Wildman–Crippen MR) is 96.0 cm³/mol. The molecule has 0 saturated carbocycles. The van der Waals surface area contributed by atoms with Crippen molar-refractivity contribution in [3.63, 3.8) is 0 Å². The molecule has 0 aliphatic rings. The van der Waals surface area contributed by atoms with Crippen molar-refractivity contribution in [2.24, 2.45) is 16.3 Å². The molecule has 0 spiro atoms. The highest BCUT2D eigenvalue weighted by Crippen LogP contribution is 2.24. The molecule has 0 bridgehead atoms. The van der Waals surface area contributed by atoms with E-state index in [4.69, 9.17) is 4.74 Å². The van der Waals surface area contributed by atoms with Gasteiger partial charge in [0.25, 0.3) is 0 Å². The molecular weight excluding hydrogens is 334 g/mol. The molecule has 2 aromatic carbocycles. The number of rotatable bonds is 7. The van der Waals surface area contributed by atoms with Crippen LogP contribution in [0.3, 0.4) is 0 Å². The van der Waals surface area contributed by atoms with E-state index in [1.165, 1.54) is 18.2 Å². The highest BCUT2D eigenvalue weighted by Gasteiger charge is 2.14. The lowest BCUT2D eigenvalue weighted by molar-refractivity contribution is -0.124. The Morgan fingerprint density at radius 2 is 1.92 bits per heavy atom. The van der Waals surface area contributed by atoms with Gasteiger partial charge in [-0.15, -0.1) is 5.11 Å². The van der Waals surface area contributed by atoms with E-state index in [-0.39, 0.29) is 29.7 Å². The minimum atomic E-state index is -0.614. The molecule has 2 aromatic rings. The average molecular weight is 355 g/mol. The average Bonchev–Trinajstić information content (AvgIpc) is 2.62. The van der Waals surface area contributed by atoms with Crippen LogP contribution in [-0.2, 0) is 16.0 Å². The summed E-state index contributed by atoms with van der Waals surface area (Å²) in [6.45, 7) is 3.70. The zero-order chi connectivity index (χ0) is 18.9. The van der Waals surface area contributed by atoms with Gasteiger partial charge in [-0.05, 0) is 31.0 Å². The van der Waals surface area contributed by atoms with Crippen molar-refractivity contribution in [1.29, 1.82) is 0 Å². The molecule has 7 nitrogen and oxygen atoms in total. The van der Waals surface area contributed by atoms with Gasteiger partial charge in [-0.3, -0.25) is 4.79 Å². The SMILES string of the molecule is CCOC(=O)c1ccc(N=NNC(=O)C(C)Cc2ccccc2)cc1O. The maximum atomic E-state index is 12.0. The summed E-state index contributed by atoms with van der Waals surface area (Å²) in [6, 6.07) is 13.8. The van der Waals surface area contributed by atoms with Crippen LogP contribution in [0.4, 0.5) is 5.69 Å². The second-order valence-corrected chi connectivity index (χ2v) is 5.69. The first kappa shape index (κ1) is 19.1. The number of hydrogen-bond donors (Lipinski definition) is 2. The second-order valence-electron chi connectivity index (χ2n) is 5.69. The van der Waals surface area contributed by atoms with Gasteiger partial charge in [0.15, 0.2) is 0 Å². The first-order chi connectivity index (χ1) is 12.5. The number of ether oxygens (including phenoxy) is 1. The predicted octanol–water partition coefficient (Wildman–Crippen LogP) is 3.56. The van der Waals surface area contributed by atoms with Crippen LogP contribution in [0.1, 0.15) is 29.8 Å². The number of nitrogens with one attached hydrogen (secondary N) is 1. The van der Waals surface area contributed by atoms with E-state index in [2.05, 4.69) is 15.8 Å². The van der Waals surface area contributed by atoms with Gasteiger partial charge >= 0.3 is 5.97 Å². The zero-order valence-corrected chi connectivity index (χ0v) is 14.7. The minimum Gasteiger partial charge on any atom is -0.507 e. The van der Waals surface area contributed by atoms with Gasteiger partial charge in [0.05, 0.1) is 12.3 Å². The lowest BCUT2D eigenvalue weighted by Gasteiger charge is -2.09. The molecule has 0 aromatic heterocycles. The number of esters is 1. The highest BCUT2D eigenvalue weighted by atomic mass is 16.5. The Labute approximate surface area is 151 Å². The second kappa shape index (κ2) is 9.31. The third-order valence-corrected chi connectivity index (χ3v) is 3.63. The monoisotopic (exact) mass is 355 g/mol. The summed E-state index contributed by atoms with van der Waals surface area (Å²) in [6.07, 6.45) is 0.594. The van der Waals surface area contributed by atoms with Crippen molar-refractivity contribution in [2.45, 2.75) is 20.3 Å². The summed E-state index contributed by atoms with van der Waals surface area (Å²) in [5.41, 5.74) is 3.78.